The number of nitrogens with one attached hydrogen (secondary N) is 1. The number of hydrazone groups is 1. The SMILES string of the molecule is C/C(=N/NC(=O)c1ccc2c(c1)OCO2)c1ccc(F)cc1F. The van der Waals surface area contributed by atoms with E-state index < -0.39 is 17.5 Å². The molecule has 1 aliphatic heterocycles. The molecule has 1 aliphatic rings. The Morgan fingerprint density at radius 1 is 1.13 bits per heavy atom. The first-order valence-corrected chi connectivity index (χ1v) is 6.74. The first-order valence-electron chi connectivity index (χ1n) is 6.74. The molecule has 5 nitrogen and oxygen atoms in total. The van der Waals surface area contributed by atoms with Crippen molar-refractivity contribution in [3.05, 3.63) is 59.2 Å². The number of hydrogen-bond donors (Lipinski definition) is 1. The van der Waals surface area contributed by atoms with Crippen LogP contribution in [0.15, 0.2) is 41.5 Å². The smallest absolute Gasteiger partial charge is 0.271 e. The Morgan fingerprint density at radius 3 is 2.70 bits per heavy atom. The zero-order valence-corrected chi connectivity index (χ0v) is 12.1. The van der Waals surface area contributed by atoms with Gasteiger partial charge in [-0.3, -0.25) is 4.79 Å². The van der Waals surface area contributed by atoms with E-state index in [1.807, 2.05) is 0 Å². The number of rotatable bonds is 3. The topological polar surface area (TPSA) is 59.9 Å². The predicted molar refractivity (Wildman–Crippen MR) is 78.6 cm³/mol. The second-order valence-electron chi connectivity index (χ2n) is 4.83. The summed E-state index contributed by atoms with van der Waals surface area (Å²) < 4.78 is 36.9. The molecule has 3 rings (SSSR count). The molecule has 2 aromatic rings. The minimum atomic E-state index is -0.747. The van der Waals surface area contributed by atoms with E-state index in [2.05, 4.69) is 10.5 Å². The highest BCUT2D eigenvalue weighted by Crippen LogP contribution is 2.32. The Bertz CT molecular complexity index is 806. The number of halogens is 2. The summed E-state index contributed by atoms with van der Waals surface area (Å²) in [5.41, 5.74) is 2.97. The van der Waals surface area contributed by atoms with Gasteiger partial charge in [0.2, 0.25) is 6.79 Å². The van der Waals surface area contributed by atoms with Crippen molar-refractivity contribution in [3.63, 3.8) is 0 Å². The van der Waals surface area contributed by atoms with Gasteiger partial charge in [-0.05, 0) is 37.3 Å². The normalized spacial score (nSPS) is 13.1. The number of nitrogens with zero attached hydrogens (tertiary/aromatic N) is 1. The largest absolute Gasteiger partial charge is 0.454 e. The maximum Gasteiger partial charge on any atom is 0.271 e. The van der Waals surface area contributed by atoms with Crippen LogP contribution in [0.2, 0.25) is 0 Å². The van der Waals surface area contributed by atoms with Gasteiger partial charge in [0.15, 0.2) is 11.5 Å². The van der Waals surface area contributed by atoms with E-state index in [4.69, 9.17) is 9.47 Å². The lowest BCUT2D eigenvalue weighted by atomic mass is 10.1. The van der Waals surface area contributed by atoms with Crippen LogP contribution in [-0.2, 0) is 0 Å². The van der Waals surface area contributed by atoms with E-state index in [-0.39, 0.29) is 18.1 Å². The summed E-state index contributed by atoms with van der Waals surface area (Å²) in [4.78, 5) is 12.1. The zero-order chi connectivity index (χ0) is 16.4. The Kier molecular flexibility index (Phi) is 3.92. The van der Waals surface area contributed by atoms with Crippen LogP contribution in [0.1, 0.15) is 22.8 Å². The minimum absolute atomic E-state index is 0.109. The van der Waals surface area contributed by atoms with E-state index >= 15 is 0 Å². The van der Waals surface area contributed by atoms with Crippen molar-refractivity contribution >= 4 is 11.6 Å². The number of hydrogen-bond acceptors (Lipinski definition) is 4. The molecule has 0 unspecified atom stereocenters. The lowest BCUT2D eigenvalue weighted by Crippen LogP contribution is -2.19. The van der Waals surface area contributed by atoms with Crippen LogP contribution in [0.3, 0.4) is 0 Å². The molecule has 0 aliphatic carbocycles. The van der Waals surface area contributed by atoms with Crippen LogP contribution in [-0.4, -0.2) is 18.4 Å². The van der Waals surface area contributed by atoms with E-state index in [1.54, 1.807) is 12.1 Å². The summed E-state index contributed by atoms with van der Waals surface area (Å²) in [6.07, 6.45) is 0. The van der Waals surface area contributed by atoms with Gasteiger partial charge >= 0.3 is 0 Å². The van der Waals surface area contributed by atoms with E-state index in [1.165, 1.54) is 19.1 Å². The molecule has 0 bridgehead atoms. The van der Waals surface area contributed by atoms with Crippen LogP contribution >= 0.6 is 0 Å². The van der Waals surface area contributed by atoms with E-state index in [9.17, 15) is 13.6 Å². The van der Waals surface area contributed by atoms with Gasteiger partial charge in [0.1, 0.15) is 11.6 Å². The van der Waals surface area contributed by atoms with Gasteiger partial charge in [-0.15, -0.1) is 0 Å². The molecular formula is C16H12F2N2O3. The second kappa shape index (κ2) is 6.04. The standard InChI is InChI=1S/C16H12F2N2O3/c1-9(12-4-3-11(17)7-13(12)18)19-20-16(21)10-2-5-14-15(6-10)23-8-22-14/h2-7H,8H2,1H3,(H,20,21)/b19-9-. The number of benzene rings is 2. The highest BCUT2D eigenvalue weighted by molar-refractivity contribution is 6.01. The van der Waals surface area contributed by atoms with Gasteiger partial charge in [-0.1, -0.05) is 0 Å². The van der Waals surface area contributed by atoms with Crippen molar-refractivity contribution in [2.24, 2.45) is 5.10 Å². The van der Waals surface area contributed by atoms with E-state index in [0.717, 1.165) is 12.1 Å². The third-order valence-electron chi connectivity index (χ3n) is 3.28. The maximum atomic E-state index is 13.6. The Labute approximate surface area is 130 Å². The summed E-state index contributed by atoms with van der Waals surface area (Å²) in [5.74, 6) is -0.866. The first-order chi connectivity index (χ1) is 11.0. The molecule has 0 aromatic heterocycles. The number of amides is 1. The first kappa shape index (κ1) is 15.0. The molecule has 2 aromatic carbocycles. The zero-order valence-electron chi connectivity index (χ0n) is 12.1. The maximum absolute atomic E-state index is 13.6. The van der Waals surface area contributed by atoms with Crippen molar-refractivity contribution in [1.29, 1.82) is 0 Å². The molecule has 7 heteroatoms. The average Bonchev–Trinajstić information content (AvgIpc) is 2.99. The van der Waals surface area contributed by atoms with Crippen LogP contribution in [0.5, 0.6) is 11.5 Å². The van der Waals surface area contributed by atoms with Crippen molar-refractivity contribution in [1.82, 2.24) is 5.43 Å². The lowest BCUT2D eigenvalue weighted by molar-refractivity contribution is 0.0954. The van der Waals surface area contributed by atoms with Crippen molar-refractivity contribution < 1.29 is 23.0 Å². The van der Waals surface area contributed by atoms with Crippen LogP contribution in [0.25, 0.3) is 0 Å². The van der Waals surface area contributed by atoms with Gasteiger partial charge in [0, 0.05) is 17.2 Å². The summed E-state index contributed by atoms with van der Waals surface area (Å²) >= 11 is 0. The summed E-state index contributed by atoms with van der Waals surface area (Å²) in [5, 5.41) is 3.84. The Balaban J connectivity index is 1.75. The number of carbonyl (C=O) groups is 1. The van der Waals surface area contributed by atoms with Crippen LogP contribution in [0.4, 0.5) is 8.78 Å². The quantitative estimate of drug-likeness (QED) is 0.699. The van der Waals surface area contributed by atoms with E-state index in [0.29, 0.717) is 17.1 Å². The lowest BCUT2D eigenvalue weighted by Gasteiger charge is -2.05. The highest BCUT2D eigenvalue weighted by Gasteiger charge is 2.16. The summed E-state index contributed by atoms with van der Waals surface area (Å²) in [6.45, 7) is 1.62. The van der Waals surface area contributed by atoms with Crippen molar-refractivity contribution in [2.45, 2.75) is 6.92 Å². The molecule has 118 valence electrons. The molecule has 23 heavy (non-hydrogen) atoms. The predicted octanol–water partition coefficient (Wildman–Crippen LogP) is 2.85. The third kappa shape index (κ3) is 3.13. The molecule has 1 N–H and O–H groups in total. The molecule has 0 atom stereocenters. The summed E-state index contributed by atoms with van der Waals surface area (Å²) in [6, 6.07) is 7.85. The monoisotopic (exact) mass is 318 g/mol. The molecule has 0 spiro atoms. The molecule has 0 saturated heterocycles. The molecule has 1 amide bonds. The van der Waals surface area contributed by atoms with Gasteiger partial charge in [0.25, 0.3) is 5.91 Å². The summed E-state index contributed by atoms with van der Waals surface area (Å²) in [7, 11) is 0. The molecule has 0 fully saturated rings. The average molecular weight is 318 g/mol. The highest BCUT2D eigenvalue weighted by atomic mass is 19.1. The molecule has 1 heterocycles. The van der Waals surface area contributed by atoms with Crippen LogP contribution < -0.4 is 14.9 Å². The van der Waals surface area contributed by atoms with Crippen molar-refractivity contribution in [3.8, 4) is 11.5 Å². The molecular weight excluding hydrogens is 306 g/mol. The van der Waals surface area contributed by atoms with Gasteiger partial charge in [-0.25, -0.2) is 14.2 Å². The fourth-order valence-electron chi connectivity index (χ4n) is 2.08. The third-order valence-corrected chi connectivity index (χ3v) is 3.28. The Hall–Kier alpha value is -2.96. The van der Waals surface area contributed by atoms with Crippen molar-refractivity contribution in [2.75, 3.05) is 6.79 Å². The van der Waals surface area contributed by atoms with Gasteiger partial charge in [-0.2, -0.15) is 5.10 Å². The van der Waals surface area contributed by atoms with Gasteiger partial charge < -0.3 is 9.47 Å². The fourth-order valence-corrected chi connectivity index (χ4v) is 2.08. The van der Waals surface area contributed by atoms with Crippen LogP contribution in [0, 0.1) is 11.6 Å². The number of fused-ring (bicyclic) bond motifs is 1. The molecule has 0 radical (unpaired) electrons. The second-order valence-corrected chi connectivity index (χ2v) is 4.83. The minimum Gasteiger partial charge on any atom is -0.454 e. The number of ether oxygens (including phenoxy) is 2. The fraction of sp³-hybridized carbons (Fsp3) is 0.125. The molecule has 0 saturated carbocycles. The number of carbonyl (C=O) groups excluding carboxylic acids is 1. The Morgan fingerprint density at radius 2 is 1.91 bits per heavy atom. The van der Waals surface area contributed by atoms with Gasteiger partial charge in [0.05, 0.1) is 5.71 Å².